The molecule has 4 amide bonds. The molecule has 3 N–H and O–H groups in total. The molecule has 0 bridgehead atoms. The fourth-order valence-electron chi connectivity index (χ4n) is 3.77. The van der Waals surface area contributed by atoms with Crippen molar-refractivity contribution in [3.8, 4) is 11.5 Å². The highest BCUT2D eigenvalue weighted by Crippen LogP contribution is 2.28. The number of nitrogens with zero attached hydrogens (tertiary/aromatic N) is 2. The molecular formula is C29H41N3O6. The van der Waals surface area contributed by atoms with Crippen molar-refractivity contribution in [2.45, 2.75) is 66.4 Å². The Bertz CT molecular complexity index is 1110. The molecule has 0 aliphatic rings. The minimum absolute atomic E-state index is 0.0737. The van der Waals surface area contributed by atoms with E-state index in [9.17, 15) is 24.6 Å². The van der Waals surface area contributed by atoms with Gasteiger partial charge < -0.3 is 19.8 Å². The van der Waals surface area contributed by atoms with E-state index in [4.69, 9.17) is 4.74 Å². The lowest BCUT2D eigenvalue weighted by Crippen LogP contribution is -2.48. The Morgan fingerprint density at radius 3 is 2.34 bits per heavy atom. The molecule has 0 radical (unpaired) electrons. The Balaban J connectivity index is 2.29. The summed E-state index contributed by atoms with van der Waals surface area (Å²) in [4.78, 5) is 42.4. The summed E-state index contributed by atoms with van der Waals surface area (Å²) in [6.45, 7) is 12.1. The molecule has 0 aliphatic carbocycles. The standard InChI is InChI=1S/C29H41N3O6/c1-7-16-31(17-15-21-11-10-14-24(33)25(21)34)28(37)32(19-20(3)8-2)26(35)22-12-9-13-23(18-22)30-27(36)38-29(4,5)6/h9-14,18,20,33-34H,7-8,15-17,19H2,1-6H3,(H,30,36). The summed E-state index contributed by atoms with van der Waals surface area (Å²) >= 11 is 0. The number of carbonyl (C=O) groups is 3. The Morgan fingerprint density at radius 1 is 1.03 bits per heavy atom. The third-order valence-electron chi connectivity index (χ3n) is 5.94. The maximum atomic E-state index is 13.7. The SMILES string of the molecule is CCCN(CCc1cccc(O)c1O)C(=O)N(CC(C)CC)C(=O)c1cccc(NC(=O)OC(C)(C)C)c1. The van der Waals surface area contributed by atoms with Crippen molar-refractivity contribution >= 4 is 23.7 Å². The van der Waals surface area contributed by atoms with Gasteiger partial charge >= 0.3 is 12.1 Å². The van der Waals surface area contributed by atoms with E-state index in [1.807, 2.05) is 20.8 Å². The van der Waals surface area contributed by atoms with Gasteiger partial charge in [-0.2, -0.15) is 0 Å². The van der Waals surface area contributed by atoms with Gasteiger partial charge in [-0.15, -0.1) is 0 Å². The molecule has 0 fully saturated rings. The molecule has 9 heteroatoms. The number of phenolic OH excluding ortho intramolecular Hbond substituents is 2. The Kier molecular flexibility index (Phi) is 11.0. The van der Waals surface area contributed by atoms with Crippen molar-refractivity contribution in [2.24, 2.45) is 5.92 Å². The van der Waals surface area contributed by atoms with Crippen LogP contribution in [0, 0.1) is 5.92 Å². The molecular weight excluding hydrogens is 486 g/mol. The average molecular weight is 528 g/mol. The number of ether oxygens (including phenoxy) is 1. The first kappa shape index (κ1) is 30.5. The zero-order chi connectivity index (χ0) is 28.5. The van der Waals surface area contributed by atoms with Crippen LogP contribution in [0.2, 0.25) is 0 Å². The summed E-state index contributed by atoms with van der Waals surface area (Å²) in [6.07, 6.45) is 1.13. The molecule has 0 saturated heterocycles. The number of hydrogen-bond donors (Lipinski definition) is 3. The van der Waals surface area contributed by atoms with Gasteiger partial charge in [0.15, 0.2) is 11.5 Å². The van der Waals surface area contributed by atoms with Gasteiger partial charge in [-0.1, -0.05) is 45.4 Å². The predicted molar refractivity (Wildman–Crippen MR) is 148 cm³/mol. The number of rotatable bonds is 10. The van der Waals surface area contributed by atoms with Crippen molar-refractivity contribution in [2.75, 3.05) is 25.0 Å². The zero-order valence-corrected chi connectivity index (χ0v) is 23.3. The summed E-state index contributed by atoms with van der Waals surface area (Å²) in [5.41, 5.74) is 0.484. The van der Waals surface area contributed by atoms with Crippen LogP contribution < -0.4 is 5.32 Å². The number of para-hydroxylation sites is 1. The molecule has 9 nitrogen and oxygen atoms in total. The van der Waals surface area contributed by atoms with Crippen LogP contribution in [0.5, 0.6) is 11.5 Å². The molecule has 1 atom stereocenters. The van der Waals surface area contributed by atoms with Crippen molar-refractivity contribution in [3.05, 3.63) is 53.6 Å². The van der Waals surface area contributed by atoms with Crippen molar-refractivity contribution in [3.63, 3.8) is 0 Å². The van der Waals surface area contributed by atoms with Crippen molar-refractivity contribution in [1.82, 2.24) is 9.80 Å². The van der Waals surface area contributed by atoms with Crippen LogP contribution in [-0.4, -0.2) is 63.3 Å². The second-order valence-electron chi connectivity index (χ2n) is 10.4. The van der Waals surface area contributed by atoms with Gasteiger partial charge in [0, 0.05) is 30.9 Å². The van der Waals surface area contributed by atoms with Gasteiger partial charge in [-0.3, -0.25) is 15.0 Å². The number of phenols is 2. The summed E-state index contributed by atoms with van der Waals surface area (Å²) in [6, 6.07) is 10.7. The maximum absolute atomic E-state index is 13.7. The lowest BCUT2D eigenvalue weighted by molar-refractivity contribution is 0.0634. The number of amides is 4. The molecule has 0 saturated carbocycles. The number of benzene rings is 2. The monoisotopic (exact) mass is 527 g/mol. The second-order valence-corrected chi connectivity index (χ2v) is 10.4. The lowest BCUT2D eigenvalue weighted by atomic mass is 10.1. The first-order valence-corrected chi connectivity index (χ1v) is 13.1. The highest BCUT2D eigenvalue weighted by molar-refractivity contribution is 6.05. The van der Waals surface area contributed by atoms with E-state index in [2.05, 4.69) is 5.32 Å². The first-order valence-electron chi connectivity index (χ1n) is 13.1. The normalized spacial score (nSPS) is 11.9. The summed E-state index contributed by atoms with van der Waals surface area (Å²) < 4.78 is 5.29. The molecule has 2 aromatic rings. The largest absolute Gasteiger partial charge is 0.504 e. The van der Waals surface area contributed by atoms with E-state index in [-0.39, 0.29) is 36.1 Å². The minimum Gasteiger partial charge on any atom is -0.504 e. The molecule has 2 rings (SSSR count). The number of nitrogens with one attached hydrogen (secondary N) is 1. The third-order valence-corrected chi connectivity index (χ3v) is 5.94. The van der Waals surface area contributed by atoms with E-state index in [0.29, 0.717) is 30.6 Å². The number of aromatic hydroxyl groups is 2. The van der Waals surface area contributed by atoms with Gasteiger partial charge in [-0.05, 0) is 69.4 Å². The van der Waals surface area contributed by atoms with Crippen LogP contribution in [0.3, 0.4) is 0 Å². The molecule has 0 spiro atoms. The number of imide groups is 1. The number of anilines is 1. The van der Waals surface area contributed by atoms with E-state index >= 15 is 0 Å². The number of urea groups is 1. The summed E-state index contributed by atoms with van der Waals surface area (Å²) in [5.74, 6) is -0.823. The fourth-order valence-corrected chi connectivity index (χ4v) is 3.77. The van der Waals surface area contributed by atoms with E-state index < -0.39 is 23.6 Å². The quantitative estimate of drug-likeness (QED) is 0.326. The van der Waals surface area contributed by atoms with Gasteiger partial charge in [0.25, 0.3) is 5.91 Å². The van der Waals surface area contributed by atoms with Crippen LogP contribution in [0.4, 0.5) is 15.3 Å². The third kappa shape index (κ3) is 8.97. The Hall–Kier alpha value is -3.75. The fraction of sp³-hybridized carbons (Fsp3) is 0.483. The smallest absolute Gasteiger partial charge is 0.412 e. The summed E-state index contributed by atoms with van der Waals surface area (Å²) in [7, 11) is 0. The second kappa shape index (κ2) is 13.7. The Morgan fingerprint density at radius 2 is 1.71 bits per heavy atom. The topological polar surface area (TPSA) is 119 Å². The molecule has 208 valence electrons. The van der Waals surface area contributed by atoms with Crippen LogP contribution in [-0.2, 0) is 11.2 Å². The van der Waals surface area contributed by atoms with Crippen LogP contribution >= 0.6 is 0 Å². The first-order chi connectivity index (χ1) is 17.9. The lowest BCUT2D eigenvalue weighted by Gasteiger charge is -2.31. The molecule has 1 unspecified atom stereocenters. The van der Waals surface area contributed by atoms with Crippen LogP contribution in [0.1, 0.15) is 70.3 Å². The minimum atomic E-state index is -0.672. The molecule has 0 heterocycles. The molecule has 0 aromatic heterocycles. The molecule has 0 aliphatic heterocycles. The number of hydrogen-bond acceptors (Lipinski definition) is 6. The van der Waals surface area contributed by atoms with Crippen LogP contribution in [0.15, 0.2) is 42.5 Å². The van der Waals surface area contributed by atoms with E-state index in [1.165, 1.54) is 17.0 Å². The summed E-state index contributed by atoms with van der Waals surface area (Å²) in [5, 5.41) is 22.6. The van der Waals surface area contributed by atoms with Gasteiger partial charge in [0.2, 0.25) is 0 Å². The van der Waals surface area contributed by atoms with Gasteiger partial charge in [-0.25, -0.2) is 9.59 Å². The highest BCUT2D eigenvalue weighted by atomic mass is 16.6. The zero-order valence-electron chi connectivity index (χ0n) is 23.3. The van der Waals surface area contributed by atoms with Crippen molar-refractivity contribution in [1.29, 1.82) is 0 Å². The van der Waals surface area contributed by atoms with Gasteiger partial charge in [0.05, 0.1) is 0 Å². The van der Waals surface area contributed by atoms with Crippen molar-refractivity contribution < 1.29 is 29.3 Å². The van der Waals surface area contributed by atoms with E-state index in [0.717, 1.165) is 6.42 Å². The molecule has 38 heavy (non-hydrogen) atoms. The predicted octanol–water partition coefficient (Wildman–Crippen LogP) is 6.01. The molecule has 2 aromatic carbocycles. The van der Waals surface area contributed by atoms with E-state index in [1.54, 1.807) is 56.0 Å². The average Bonchev–Trinajstić information content (AvgIpc) is 2.85. The van der Waals surface area contributed by atoms with Crippen LogP contribution in [0.25, 0.3) is 0 Å². The Labute approximate surface area is 225 Å². The highest BCUT2D eigenvalue weighted by Gasteiger charge is 2.29. The van der Waals surface area contributed by atoms with Gasteiger partial charge in [0.1, 0.15) is 5.60 Å². The maximum Gasteiger partial charge on any atom is 0.412 e. The number of carbonyl (C=O) groups excluding carboxylic acids is 3.